The average molecular weight is 279 g/mol. The van der Waals surface area contributed by atoms with Crippen molar-refractivity contribution in [3.63, 3.8) is 0 Å². The maximum Gasteiger partial charge on any atom is 0.255 e. The first-order valence-corrected chi connectivity index (χ1v) is 6.76. The van der Waals surface area contributed by atoms with E-state index in [9.17, 15) is 9.90 Å². The molecule has 5 heteroatoms. The number of benzene rings is 1. The van der Waals surface area contributed by atoms with Gasteiger partial charge < -0.3 is 5.11 Å². The number of aliphatic hydroxyl groups excluding tert-OH is 1. The SMILES string of the molecule is O=C1C=C(O)C(C2C=CC=C2)N1c1ccc2cn[nH]c2c1. The summed E-state index contributed by atoms with van der Waals surface area (Å²) >= 11 is 0. The van der Waals surface area contributed by atoms with Crippen LogP contribution in [0.25, 0.3) is 10.9 Å². The monoisotopic (exact) mass is 279 g/mol. The molecule has 1 unspecified atom stereocenters. The minimum Gasteiger partial charge on any atom is -0.510 e. The van der Waals surface area contributed by atoms with Crippen LogP contribution in [0.1, 0.15) is 0 Å². The second-order valence-corrected chi connectivity index (χ2v) is 5.21. The Balaban J connectivity index is 1.79. The van der Waals surface area contributed by atoms with Crippen molar-refractivity contribution in [1.82, 2.24) is 10.2 Å². The molecule has 2 aliphatic rings. The molecular formula is C16H13N3O2. The molecule has 0 saturated heterocycles. The van der Waals surface area contributed by atoms with Gasteiger partial charge in [0.2, 0.25) is 0 Å². The third-order valence-corrected chi connectivity index (χ3v) is 3.94. The lowest BCUT2D eigenvalue weighted by Gasteiger charge is -2.28. The molecule has 0 radical (unpaired) electrons. The lowest BCUT2D eigenvalue weighted by atomic mass is 9.99. The molecule has 0 saturated carbocycles. The number of aromatic amines is 1. The number of nitrogens with one attached hydrogen (secondary N) is 1. The van der Waals surface area contributed by atoms with Crippen molar-refractivity contribution in [2.45, 2.75) is 6.04 Å². The number of nitrogens with zero attached hydrogens (tertiary/aromatic N) is 2. The van der Waals surface area contributed by atoms with Gasteiger partial charge in [0.25, 0.3) is 5.91 Å². The number of carbonyl (C=O) groups excluding carboxylic acids is 1. The molecule has 1 aromatic carbocycles. The molecule has 2 N–H and O–H groups in total. The third-order valence-electron chi connectivity index (χ3n) is 3.94. The summed E-state index contributed by atoms with van der Waals surface area (Å²) in [7, 11) is 0. The predicted octanol–water partition coefficient (Wildman–Crippen LogP) is 2.46. The van der Waals surface area contributed by atoms with Gasteiger partial charge in [-0.25, -0.2) is 0 Å². The number of aromatic nitrogens is 2. The molecular weight excluding hydrogens is 266 g/mol. The summed E-state index contributed by atoms with van der Waals surface area (Å²) in [6, 6.07) is 5.28. The number of H-pyrrole nitrogens is 1. The fourth-order valence-electron chi connectivity index (χ4n) is 2.94. The van der Waals surface area contributed by atoms with Gasteiger partial charge >= 0.3 is 0 Å². The molecule has 1 amide bonds. The van der Waals surface area contributed by atoms with E-state index in [1.165, 1.54) is 6.08 Å². The van der Waals surface area contributed by atoms with Crippen LogP contribution >= 0.6 is 0 Å². The minimum atomic E-state index is -0.382. The zero-order valence-electron chi connectivity index (χ0n) is 11.1. The van der Waals surface area contributed by atoms with E-state index < -0.39 is 0 Å². The molecule has 0 fully saturated rings. The van der Waals surface area contributed by atoms with Gasteiger partial charge in [0.1, 0.15) is 11.8 Å². The van der Waals surface area contributed by atoms with Gasteiger partial charge in [-0.3, -0.25) is 14.8 Å². The number of aliphatic hydroxyl groups is 1. The highest BCUT2D eigenvalue weighted by molar-refractivity contribution is 6.06. The number of hydrogen-bond acceptors (Lipinski definition) is 3. The average Bonchev–Trinajstić information content (AvgIpc) is 3.17. The summed E-state index contributed by atoms with van der Waals surface area (Å²) < 4.78 is 0. The number of rotatable bonds is 2. The standard InChI is InChI=1S/C16H13N3O2/c20-14-8-15(21)19(16(14)10-3-1-2-4-10)12-6-5-11-9-17-18-13(11)7-12/h1-10,16,20H,(H,17,18). The second kappa shape index (κ2) is 4.34. The first-order chi connectivity index (χ1) is 10.2. The van der Waals surface area contributed by atoms with Gasteiger partial charge in [0.15, 0.2) is 0 Å². The number of allylic oxidation sites excluding steroid dienone is 2. The van der Waals surface area contributed by atoms with E-state index in [2.05, 4.69) is 10.2 Å². The fraction of sp³-hybridized carbons (Fsp3) is 0.125. The van der Waals surface area contributed by atoms with Crippen LogP contribution in [-0.2, 0) is 4.79 Å². The van der Waals surface area contributed by atoms with E-state index in [1.54, 1.807) is 11.1 Å². The summed E-state index contributed by atoms with van der Waals surface area (Å²) in [5.41, 5.74) is 1.61. The Morgan fingerprint density at radius 1 is 1.24 bits per heavy atom. The molecule has 5 nitrogen and oxygen atoms in total. The molecule has 1 aromatic heterocycles. The van der Waals surface area contributed by atoms with Crippen molar-refractivity contribution < 1.29 is 9.90 Å². The summed E-state index contributed by atoms with van der Waals surface area (Å²) in [6.07, 6.45) is 10.8. The van der Waals surface area contributed by atoms with Crippen LogP contribution in [0.2, 0.25) is 0 Å². The van der Waals surface area contributed by atoms with Gasteiger partial charge in [0.05, 0.1) is 11.7 Å². The van der Waals surface area contributed by atoms with E-state index in [1.807, 2.05) is 42.5 Å². The first kappa shape index (κ1) is 12.0. The Hall–Kier alpha value is -2.82. The molecule has 21 heavy (non-hydrogen) atoms. The highest BCUT2D eigenvalue weighted by Gasteiger charge is 2.38. The molecule has 2 heterocycles. The number of anilines is 1. The molecule has 1 atom stereocenters. The molecule has 104 valence electrons. The van der Waals surface area contributed by atoms with Crippen molar-refractivity contribution in [1.29, 1.82) is 0 Å². The smallest absolute Gasteiger partial charge is 0.255 e. The van der Waals surface area contributed by atoms with Crippen LogP contribution in [0.4, 0.5) is 5.69 Å². The van der Waals surface area contributed by atoms with Crippen molar-refractivity contribution >= 4 is 22.5 Å². The summed E-state index contributed by atoms with van der Waals surface area (Å²) in [5, 5.41) is 18.0. The van der Waals surface area contributed by atoms with Crippen molar-refractivity contribution in [3.8, 4) is 0 Å². The fourth-order valence-corrected chi connectivity index (χ4v) is 2.94. The van der Waals surface area contributed by atoms with E-state index >= 15 is 0 Å². The zero-order valence-corrected chi connectivity index (χ0v) is 11.1. The quantitative estimate of drug-likeness (QED) is 0.887. The van der Waals surface area contributed by atoms with Gasteiger partial charge in [-0.2, -0.15) is 5.10 Å². The Morgan fingerprint density at radius 2 is 2.05 bits per heavy atom. The lowest BCUT2D eigenvalue weighted by molar-refractivity contribution is -0.114. The Morgan fingerprint density at radius 3 is 2.86 bits per heavy atom. The lowest BCUT2D eigenvalue weighted by Crippen LogP contribution is -2.39. The van der Waals surface area contributed by atoms with E-state index in [-0.39, 0.29) is 23.6 Å². The molecule has 0 spiro atoms. The van der Waals surface area contributed by atoms with E-state index in [0.29, 0.717) is 0 Å². The number of carbonyl (C=O) groups is 1. The van der Waals surface area contributed by atoms with Gasteiger partial charge in [-0.15, -0.1) is 0 Å². The summed E-state index contributed by atoms with van der Waals surface area (Å²) in [5.74, 6) is -0.110. The van der Waals surface area contributed by atoms with Crippen molar-refractivity contribution in [2.75, 3.05) is 4.90 Å². The Bertz CT molecular complexity index is 804. The maximum atomic E-state index is 12.2. The van der Waals surface area contributed by atoms with Crippen LogP contribution < -0.4 is 4.90 Å². The maximum absolute atomic E-state index is 12.2. The summed E-state index contributed by atoms with van der Waals surface area (Å²) in [6.45, 7) is 0. The highest BCUT2D eigenvalue weighted by atomic mass is 16.3. The van der Waals surface area contributed by atoms with Gasteiger partial charge in [0, 0.05) is 23.1 Å². The Kier molecular flexibility index (Phi) is 2.47. The van der Waals surface area contributed by atoms with Crippen LogP contribution in [0, 0.1) is 5.92 Å². The van der Waals surface area contributed by atoms with Crippen LogP contribution in [0.5, 0.6) is 0 Å². The molecule has 0 bridgehead atoms. The number of amides is 1. The van der Waals surface area contributed by atoms with Gasteiger partial charge in [-0.05, 0) is 18.2 Å². The minimum absolute atomic E-state index is 0.00911. The van der Waals surface area contributed by atoms with Crippen LogP contribution in [-0.4, -0.2) is 27.3 Å². The number of fused-ring (bicyclic) bond motifs is 1. The zero-order chi connectivity index (χ0) is 14.4. The number of hydrogen-bond donors (Lipinski definition) is 2. The van der Waals surface area contributed by atoms with E-state index in [4.69, 9.17) is 0 Å². The van der Waals surface area contributed by atoms with Crippen molar-refractivity contribution in [3.05, 3.63) is 60.5 Å². The van der Waals surface area contributed by atoms with E-state index in [0.717, 1.165) is 16.6 Å². The molecule has 2 aromatic rings. The second-order valence-electron chi connectivity index (χ2n) is 5.21. The van der Waals surface area contributed by atoms with Crippen LogP contribution in [0.15, 0.2) is 60.5 Å². The topological polar surface area (TPSA) is 69.2 Å². The van der Waals surface area contributed by atoms with Gasteiger partial charge in [-0.1, -0.05) is 24.3 Å². The molecule has 1 aliphatic heterocycles. The Labute approximate surface area is 120 Å². The largest absolute Gasteiger partial charge is 0.510 e. The summed E-state index contributed by atoms with van der Waals surface area (Å²) in [4.78, 5) is 13.9. The molecule has 1 aliphatic carbocycles. The van der Waals surface area contributed by atoms with Crippen molar-refractivity contribution in [2.24, 2.45) is 5.92 Å². The third kappa shape index (κ3) is 1.78. The molecule has 4 rings (SSSR count). The highest BCUT2D eigenvalue weighted by Crippen LogP contribution is 2.33. The normalized spacial score (nSPS) is 21.7. The van der Waals surface area contributed by atoms with Crippen LogP contribution in [0.3, 0.4) is 0 Å². The first-order valence-electron chi connectivity index (χ1n) is 6.76. The predicted molar refractivity (Wildman–Crippen MR) is 79.8 cm³/mol.